The van der Waals surface area contributed by atoms with Crippen molar-refractivity contribution in [1.29, 1.82) is 0 Å². The van der Waals surface area contributed by atoms with Gasteiger partial charge in [-0.25, -0.2) is 9.59 Å². The van der Waals surface area contributed by atoms with E-state index >= 15 is 0 Å². The van der Waals surface area contributed by atoms with Crippen LogP contribution in [0.1, 0.15) is 5.56 Å². The molecule has 0 saturated carbocycles. The monoisotopic (exact) mass is 211 g/mol. The van der Waals surface area contributed by atoms with Gasteiger partial charge in [0, 0.05) is 0 Å². The van der Waals surface area contributed by atoms with Crippen LogP contribution >= 0.6 is 0 Å². The van der Waals surface area contributed by atoms with Gasteiger partial charge in [0.1, 0.15) is 6.61 Å². The summed E-state index contributed by atoms with van der Waals surface area (Å²) in [6.07, 6.45) is -3.11. The van der Waals surface area contributed by atoms with Gasteiger partial charge in [0.2, 0.25) is 0 Å². The zero-order valence-electron chi connectivity index (χ0n) is 7.66. The number of ether oxygens (including phenoxy) is 1. The Kier molecular flexibility index (Phi) is 3.64. The Morgan fingerprint density at radius 2 is 1.87 bits per heavy atom. The number of hydrogen-bond acceptors (Lipinski definition) is 4. The van der Waals surface area contributed by atoms with Crippen molar-refractivity contribution in [2.24, 2.45) is 0 Å². The Hall–Kier alpha value is -2.08. The van der Waals surface area contributed by atoms with E-state index in [9.17, 15) is 9.59 Å². The van der Waals surface area contributed by atoms with Crippen molar-refractivity contribution in [3.63, 3.8) is 0 Å². The third-order valence-corrected chi connectivity index (χ3v) is 1.56. The van der Waals surface area contributed by atoms with E-state index in [2.05, 4.69) is 4.74 Å². The van der Waals surface area contributed by atoms with Gasteiger partial charge in [0.05, 0.1) is 0 Å². The highest BCUT2D eigenvalue weighted by Gasteiger charge is 2.19. The predicted octanol–water partition coefficient (Wildman–Crippen LogP) is 1.69. The number of hydroxylamine groups is 2. The highest BCUT2D eigenvalue weighted by molar-refractivity contribution is 5.84. The third kappa shape index (κ3) is 3.28. The van der Waals surface area contributed by atoms with Crippen LogP contribution in [-0.2, 0) is 11.3 Å². The number of nitrogens with zero attached hydrogens (tertiary/aromatic N) is 1. The maximum absolute atomic E-state index is 10.8. The molecule has 0 aromatic heterocycles. The number of carbonyl (C=O) groups is 2. The molecule has 0 aliphatic carbocycles. The quantitative estimate of drug-likeness (QED) is 0.574. The van der Waals surface area contributed by atoms with Gasteiger partial charge in [0.15, 0.2) is 0 Å². The fourth-order valence-corrected chi connectivity index (χ4v) is 0.859. The molecule has 0 fully saturated rings. The second-order valence-electron chi connectivity index (χ2n) is 2.63. The zero-order valence-corrected chi connectivity index (χ0v) is 7.66. The van der Waals surface area contributed by atoms with Gasteiger partial charge in [-0.3, -0.25) is 5.21 Å². The van der Waals surface area contributed by atoms with Gasteiger partial charge in [0.25, 0.3) is 0 Å². The Labute approximate surface area is 85.3 Å². The second kappa shape index (κ2) is 4.97. The standard InChI is InChI=1S/C9H9NO5/c11-8(12)10(14)9(13)15-6-7-4-2-1-3-5-7/h1-5,14H,6H2,(H,11,12). The number of rotatable bonds is 2. The van der Waals surface area contributed by atoms with E-state index in [1.54, 1.807) is 30.3 Å². The van der Waals surface area contributed by atoms with Crippen molar-refractivity contribution in [1.82, 2.24) is 5.06 Å². The van der Waals surface area contributed by atoms with Crippen LogP contribution in [0.25, 0.3) is 0 Å². The molecule has 0 radical (unpaired) electrons. The van der Waals surface area contributed by atoms with Crippen molar-refractivity contribution < 1.29 is 24.6 Å². The second-order valence-corrected chi connectivity index (χ2v) is 2.63. The molecule has 2 N–H and O–H groups in total. The molecule has 6 nitrogen and oxygen atoms in total. The minimum atomic E-state index is -1.78. The van der Waals surface area contributed by atoms with Crippen molar-refractivity contribution in [3.8, 4) is 0 Å². The highest BCUT2D eigenvalue weighted by atomic mass is 16.7. The molecule has 2 amide bonds. The summed E-state index contributed by atoms with van der Waals surface area (Å²) in [7, 11) is 0. The lowest BCUT2D eigenvalue weighted by atomic mass is 10.2. The number of benzene rings is 1. The summed E-state index contributed by atoms with van der Waals surface area (Å²) in [6, 6.07) is 8.70. The Balaban J connectivity index is 2.44. The molecular weight excluding hydrogens is 202 g/mol. The molecular formula is C9H9NO5. The first-order chi connectivity index (χ1) is 7.11. The van der Waals surface area contributed by atoms with E-state index in [4.69, 9.17) is 10.3 Å². The van der Waals surface area contributed by atoms with Gasteiger partial charge >= 0.3 is 12.2 Å². The van der Waals surface area contributed by atoms with Gasteiger partial charge in [-0.2, -0.15) is 0 Å². The van der Waals surface area contributed by atoms with Crippen LogP contribution in [0.2, 0.25) is 0 Å². The fraction of sp³-hybridized carbons (Fsp3) is 0.111. The van der Waals surface area contributed by atoms with Crippen molar-refractivity contribution in [2.45, 2.75) is 6.61 Å². The molecule has 0 saturated heterocycles. The first-order valence-corrected chi connectivity index (χ1v) is 4.04. The molecule has 0 heterocycles. The van der Waals surface area contributed by atoms with Crippen molar-refractivity contribution in [3.05, 3.63) is 35.9 Å². The molecule has 1 aromatic carbocycles. The minimum absolute atomic E-state index is 0.0932. The molecule has 0 aliphatic rings. The summed E-state index contributed by atoms with van der Waals surface area (Å²) < 4.78 is 4.51. The van der Waals surface area contributed by atoms with Gasteiger partial charge < -0.3 is 9.84 Å². The number of imide groups is 1. The smallest absolute Gasteiger partial charge is 0.444 e. The fourth-order valence-electron chi connectivity index (χ4n) is 0.859. The number of carbonyl (C=O) groups excluding carboxylic acids is 1. The topological polar surface area (TPSA) is 87.1 Å². The van der Waals surface area contributed by atoms with E-state index in [0.29, 0.717) is 5.56 Å². The Bertz CT molecular complexity index is 351. The average Bonchev–Trinajstić information content (AvgIpc) is 2.26. The lowest BCUT2D eigenvalue weighted by Gasteiger charge is -2.09. The third-order valence-electron chi connectivity index (χ3n) is 1.56. The van der Waals surface area contributed by atoms with Crippen LogP contribution in [0, 0.1) is 0 Å². The van der Waals surface area contributed by atoms with Crippen LogP contribution in [0.5, 0.6) is 0 Å². The summed E-state index contributed by atoms with van der Waals surface area (Å²) in [4.78, 5) is 21.0. The minimum Gasteiger partial charge on any atom is -0.463 e. The first-order valence-electron chi connectivity index (χ1n) is 4.04. The van der Waals surface area contributed by atoms with E-state index < -0.39 is 17.2 Å². The maximum Gasteiger partial charge on any atom is 0.444 e. The first kappa shape index (κ1) is 11.0. The number of hydrogen-bond donors (Lipinski definition) is 2. The molecule has 80 valence electrons. The van der Waals surface area contributed by atoms with E-state index in [1.807, 2.05) is 0 Å². The van der Waals surface area contributed by atoms with Crippen LogP contribution in [0.4, 0.5) is 9.59 Å². The molecule has 15 heavy (non-hydrogen) atoms. The summed E-state index contributed by atoms with van der Waals surface area (Å²) in [5, 5.41) is 16.3. The maximum atomic E-state index is 10.8. The molecule has 1 aromatic rings. The average molecular weight is 211 g/mol. The molecule has 1 rings (SSSR count). The van der Waals surface area contributed by atoms with E-state index in [1.165, 1.54) is 0 Å². The number of amides is 2. The van der Waals surface area contributed by atoms with Gasteiger partial charge in [-0.15, -0.1) is 0 Å². The summed E-state index contributed by atoms with van der Waals surface area (Å²) in [5.41, 5.74) is 0.699. The van der Waals surface area contributed by atoms with Crippen LogP contribution < -0.4 is 0 Å². The Morgan fingerprint density at radius 1 is 1.27 bits per heavy atom. The Morgan fingerprint density at radius 3 is 2.40 bits per heavy atom. The van der Waals surface area contributed by atoms with E-state index in [0.717, 1.165) is 0 Å². The summed E-state index contributed by atoms with van der Waals surface area (Å²) in [5.74, 6) is 0. The predicted molar refractivity (Wildman–Crippen MR) is 48.3 cm³/mol. The lowest BCUT2D eigenvalue weighted by molar-refractivity contribution is -0.0550. The van der Waals surface area contributed by atoms with Crippen LogP contribution in [0.15, 0.2) is 30.3 Å². The normalized spacial score (nSPS) is 9.40. The van der Waals surface area contributed by atoms with Crippen LogP contribution in [-0.4, -0.2) is 27.6 Å². The molecule has 0 aliphatic heterocycles. The van der Waals surface area contributed by atoms with Crippen molar-refractivity contribution in [2.75, 3.05) is 0 Å². The zero-order chi connectivity index (χ0) is 11.3. The molecule has 0 atom stereocenters. The molecule has 0 spiro atoms. The van der Waals surface area contributed by atoms with Gasteiger partial charge in [-0.05, 0) is 5.56 Å². The van der Waals surface area contributed by atoms with Crippen LogP contribution in [0.3, 0.4) is 0 Å². The summed E-state index contributed by atoms with van der Waals surface area (Å²) in [6.45, 7) is -0.0932. The van der Waals surface area contributed by atoms with Crippen molar-refractivity contribution >= 4 is 12.2 Å². The SMILES string of the molecule is O=C(O)N(O)C(=O)OCc1ccccc1. The lowest BCUT2D eigenvalue weighted by Crippen LogP contribution is -2.32. The summed E-state index contributed by atoms with van der Waals surface area (Å²) >= 11 is 0. The number of carboxylic acid groups (broad SMARTS) is 1. The molecule has 6 heteroatoms. The van der Waals surface area contributed by atoms with Gasteiger partial charge in [-0.1, -0.05) is 35.4 Å². The largest absolute Gasteiger partial charge is 0.463 e. The molecule has 0 bridgehead atoms. The molecule has 0 unspecified atom stereocenters. The highest BCUT2D eigenvalue weighted by Crippen LogP contribution is 2.02. The van der Waals surface area contributed by atoms with E-state index in [-0.39, 0.29) is 6.61 Å².